The fraction of sp³-hybridized carbons (Fsp3) is 0.0556. The van der Waals surface area contributed by atoms with Gasteiger partial charge in [-0.3, -0.25) is 9.59 Å². The predicted octanol–water partition coefficient (Wildman–Crippen LogP) is 4.26. The predicted molar refractivity (Wildman–Crippen MR) is 89.1 cm³/mol. The zero-order chi connectivity index (χ0) is 17.3. The molecule has 0 bridgehead atoms. The zero-order valence-electron chi connectivity index (χ0n) is 12.7. The molecule has 0 saturated heterocycles. The molecule has 6 heteroatoms. The number of halogens is 2. The highest BCUT2D eigenvalue weighted by Gasteiger charge is 2.15. The lowest BCUT2D eigenvalue weighted by molar-refractivity contribution is 0.101. The monoisotopic (exact) mass is 342 g/mol. The number of hydrogen-bond donors (Lipinski definition) is 0. The quantitative estimate of drug-likeness (QED) is 0.526. The van der Waals surface area contributed by atoms with E-state index in [1.807, 2.05) is 0 Å². The first-order valence-electron chi connectivity index (χ1n) is 7.13. The fourth-order valence-electron chi connectivity index (χ4n) is 2.34. The number of carbonyl (C=O) groups excluding carboxylic acids is 2. The molecule has 120 valence electrons. The Kier molecular flexibility index (Phi) is 4.27. The van der Waals surface area contributed by atoms with Gasteiger partial charge >= 0.3 is 0 Å². The van der Waals surface area contributed by atoms with Gasteiger partial charge in [0.25, 0.3) is 5.24 Å². The van der Waals surface area contributed by atoms with Crippen LogP contribution >= 0.6 is 11.6 Å². The summed E-state index contributed by atoms with van der Waals surface area (Å²) < 4.78 is 14.7. The molecule has 0 aliphatic rings. The summed E-state index contributed by atoms with van der Waals surface area (Å²) in [4.78, 5) is 22.8. The molecular weight excluding hydrogens is 331 g/mol. The molecule has 3 rings (SSSR count). The van der Waals surface area contributed by atoms with Gasteiger partial charge in [-0.1, -0.05) is 24.3 Å². The van der Waals surface area contributed by atoms with Crippen molar-refractivity contribution in [3.05, 3.63) is 71.7 Å². The van der Waals surface area contributed by atoms with E-state index in [0.717, 1.165) is 5.56 Å². The van der Waals surface area contributed by atoms with E-state index in [-0.39, 0.29) is 17.3 Å². The number of benzene rings is 2. The van der Waals surface area contributed by atoms with Gasteiger partial charge in [-0.25, -0.2) is 9.07 Å². The lowest BCUT2D eigenvalue weighted by Gasteiger charge is -2.08. The molecule has 0 N–H and O–H groups in total. The Hall–Kier alpha value is -2.79. The average molecular weight is 343 g/mol. The third-order valence-corrected chi connectivity index (χ3v) is 3.76. The Morgan fingerprint density at radius 3 is 2.21 bits per heavy atom. The first-order valence-corrected chi connectivity index (χ1v) is 7.51. The first-order chi connectivity index (χ1) is 11.5. The standard InChI is InChI=1S/C18H12ClFN2O2/c1-11(23)12-2-4-13(5-3-12)17-10-16(18(19)24)21-22(17)15-8-6-14(20)7-9-15/h2-10H,1H3. The van der Waals surface area contributed by atoms with E-state index in [1.165, 1.54) is 23.7 Å². The van der Waals surface area contributed by atoms with Crippen molar-refractivity contribution in [2.75, 3.05) is 0 Å². The first kappa shape index (κ1) is 16.1. The summed E-state index contributed by atoms with van der Waals surface area (Å²) in [5, 5.41) is 3.51. The molecule has 0 radical (unpaired) electrons. The van der Waals surface area contributed by atoms with Crippen LogP contribution in [0.2, 0.25) is 0 Å². The summed E-state index contributed by atoms with van der Waals surface area (Å²) in [5.41, 5.74) is 2.62. The van der Waals surface area contributed by atoms with Crippen LogP contribution in [0.25, 0.3) is 16.9 Å². The van der Waals surface area contributed by atoms with Gasteiger partial charge in [0.2, 0.25) is 0 Å². The molecule has 1 heterocycles. The topological polar surface area (TPSA) is 52.0 Å². The second kappa shape index (κ2) is 6.37. The highest BCUT2D eigenvalue weighted by atomic mass is 35.5. The summed E-state index contributed by atoms with van der Waals surface area (Å²) in [5.74, 6) is -0.405. The van der Waals surface area contributed by atoms with Gasteiger partial charge in [0.15, 0.2) is 5.78 Å². The van der Waals surface area contributed by atoms with Crippen molar-refractivity contribution >= 4 is 22.6 Å². The Morgan fingerprint density at radius 1 is 1.04 bits per heavy atom. The number of hydrogen-bond acceptors (Lipinski definition) is 3. The molecule has 0 aliphatic carbocycles. The van der Waals surface area contributed by atoms with Gasteiger partial charge in [-0.05, 0) is 48.9 Å². The highest BCUT2D eigenvalue weighted by molar-refractivity contribution is 6.67. The van der Waals surface area contributed by atoms with Crippen LogP contribution in [0.4, 0.5) is 4.39 Å². The smallest absolute Gasteiger partial charge is 0.272 e. The number of aromatic nitrogens is 2. The van der Waals surface area contributed by atoms with Crippen molar-refractivity contribution in [2.45, 2.75) is 6.92 Å². The van der Waals surface area contributed by atoms with Crippen molar-refractivity contribution in [1.29, 1.82) is 0 Å². The molecule has 0 atom stereocenters. The largest absolute Gasteiger partial charge is 0.295 e. The molecular formula is C18H12ClFN2O2. The fourth-order valence-corrected chi connectivity index (χ4v) is 2.43. The van der Waals surface area contributed by atoms with Crippen LogP contribution in [-0.2, 0) is 0 Å². The summed E-state index contributed by atoms with van der Waals surface area (Å²) in [6.45, 7) is 1.49. The average Bonchev–Trinajstić information content (AvgIpc) is 3.01. The van der Waals surface area contributed by atoms with Crippen LogP contribution < -0.4 is 0 Å². The maximum atomic E-state index is 13.1. The second-order valence-corrected chi connectivity index (χ2v) is 5.55. The molecule has 24 heavy (non-hydrogen) atoms. The van der Waals surface area contributed by atoms with E-state index in [1.54, 1.807) is 42.5 Å². The van der Waals surface area contributed by atoms with Crippen LogP contribution in [0.3, 0.4) is 0 Å². The molecule has 4 nitrogen and oxygen atoms in total. The van der Waals surface area contributed by atoms with E-state index >= 15 is 0 Å². The Bertz CT molecular complexity index is 915. The lowest BCUT2D eigenvalue weighted by atomic mass is 10.1. The van der Waals surface area contributed by atoms with Crippen LogP contribution in [-0.4, -0.2) is 20.8 Å². The van der Waals surface area contributed by atoms with Crippen molar-refractivity contribution in [1.82, 2.24) is 9.78 Å². The molecule has 0 fully saturated rings. The summed E-state index contributed by atoms with van der Waals surface area (Å²) in [6, 6.07) is 14.2. The van der Waals surface area contributed by atoms with Crippen molar-refractivity contribution < 1.29 is 14.0 Å². The third kappa shape index (κ3) is 3.12. The van der Waals surface area contributed by atoms with Crippen LogP contribution in [0.5, 0.6) is 0 Å². The van der Waals surface area contributed by atoms with E-state index in [2.05, 4.69) is 5.10 Å². The Balaban J connectivity index is 2.13. The van der Waals surface area contributed by atoms with Crippen molar-refractivity contribution in [3.8, 4) is 16.9 Å². The summed E-state index contributed by atoms with van der Waals surface area (Å²) >= 11 is 5.54. The van der Waals surface area contributed by atoms with Crippen LogP contribution in [0.1, 0.15) is 27.8 Å². The van der Waals surface area contributed by atoms with Crippen molar-refractivity contribution in [3.63, 3.8) is 0 Å². The maximum Gasteiger partial charge on any atom is 0.272 e. The molecule has 0 saturated carbocycles. The molecule has 0 aliphatic heterocycles. The molecule has 0 unspecified atom stereocenters. The van der Waals surface area contributed by atoms with Gasteiger partial charge in [0, 0.05) is 11.1 Å². The van der Waals surface area contributed by atoms with Gasteiger partial charge in [0.05, 0.1) is 11.4 Å². The Morgan fingerprint density at radius 2 is 1.67 bits per heavy atom. The molecule has 0 spiro atoms. The maximum absolute atomic E-state index is 13.1. The molecule has 3 aromatic rings. The number of Topliss-reactive ketones (excluding diaryl/α,β-unsaturated/α-hetero) is 1. The van der Waals surface area contributed by atoms with Crippen LogP contribution in [0, 0.1) is 5.82 Å². The van der Waals surface area contributed by atoms with Gasteiger partial charge < -0.3 is 0 Å². The zero-order valence-corrected chi connectivity index (χ0v) is 13.4. The normalized spacial score (nSPS) is 10.6. The van der Waals surface area contributed by atoms with E-state index in [4.69, 9.17) is 11.6 Å². The summed E-state index contributed by atoms with van der Waals surface area (Å²) in [7, 11) is 0. The van der Waals surface area contributed by atoms with Crippen LogP contribution in [0.15, 0.2) is 54.6 Å². The second-order valence-electron chi connectivity index (χ2n) is 5.21. The summed E-state index contributed by atoms with van der Waals surface area (Å²) in [6.07, 6.45) is 0. The molecule has 1 aromatic heterocycles. The lowest BCUT2D eigenvalue weighted by Crippen LogP contribution is -2.01. The van der Waals surface area contributed by atoms with E-state index in [0.29, 0.717) is 16.9 Å². The van der Waals surface area contributed by atoms with E-state index < -0.39 is 5.24 Å². The number of rotatable bonds is 4. The third-order valence-electron chi connectivity index (χ3n) is 3.57. The minimum atomic E-state index is -0.683. The van der Waals surface area contributed by atoms with E-state index in [9.17, 15) is 14.0 Å². The SMILES string of the molecule is CC(=O)c1ccc(-c2cc(C(=O)Cl)nn2-c2ccc(F)cc2)cc1. The number of nitrogens with zero attached hydrogens (tertiary/aromatic N) is 2. The number of carbonyl (C=O) groups is 2. The van der Waals surface area contributed by atoms with Gasteiger partial charge in [0.1, 0.15) is 11.5 Å². The van der Waals surface area contributed by atoms with Crippen molar-refractivity contribution in [2.24, 2.45) is 0 Å². The van der Waals surface area contributed by atoms with Gasteiger partial charge in [-0.15, -0.1) is 0 Å². The highest BCUT2D eigenvalue weighted by Crippen LogP contribution is 2.25. The van der Waals surface area contributed by atoms with Gasteiger partial charge in [-0.2, -0.15) is 5.10 Å². The molecule has 2 aromatic carbocycles. The number of ketones is 1. The minimum Gasteiger partial charge on any atom is -0.295 e. The Labute approximate surface area is 142 Å². The minimum absolute atomic E-state index is 0.0368. The molecule has 0 amide bonds.